The fourth-order valence-corrected chi connectivity index (χ4v) is 13.9. The number of primary amides is 1. The topological polar surface area (TPSA) is 315 Å². The highest BCUT2D eigenvalue weighted by Crippen LogP contribution is 2.59. The van der Waals surface area contributed by atoms with E-state index in [4.69, 9.17) is 5.73 Å². The highest BCUT2D eigenvalue weighted by atomic mass is 32.1. The molecule has 3 aromatic rings. The summed E-state index contributed by atoms with van der Waals surface area (Å²) in [5.74, 6) is 1.11. The second kappa shape index (κ2) is 25.4. The second-order valence-electron chi connectivity index (χ2n) is 22.5. The first-order valence-corrected chi connectivity index (χ1v) is 30.7. The van der Waals surface area contributed by atoms with Gasteiger partial charge in [-0.05, 0) is 117 Å². The van der Waals surface area contributed by atoms with E-state index >= 15 is 0 Å². The van der Waals surface area contributed by atoms with E-state index in [1.54, 1.807) is 17.0 Å². The summed E-state index contributed by atoms with van der Waals surface area (Å²) in [7, 11) is -5.90. The lowest BCUT2D eigenvalue weighted by molar-refractivity contribution is -0.145. The van der Waals surface area contributed by atoms with Gasteiger partial charge in [-0.3, -0.25) is 57.8 Å². The lowest BCUT2D eigenvalue weighted by Crippen LogP contribution is -2.62. The van der Waals surface area contributed by atoms with Gasteiger partial charge in [-0.25, -0.2) is 0 Å². The van der Waals surface area contributed by atoms with Crippen LogP contribution in [0.25, 0.3) is 10.1 Å². The Kier molecular flexibility index (Phi) is 18.5. The molecule has 0 spiro atoms. The van der Waals surface area contributed by atoms with Crippen LogP contribution in [0.15, 0.2) is 42.5 Å². The summed E-state index contributed by atoms with van der Waals surface area (Å²) < 4.78 is 41.1. The number of hydrogen-bond donors (Lipinski definition) is 7. The zero-order valence-electron chi connectivity index (χ0n) is 45.9. The molecule has 6 heterocycles. The van der Waals surface area contributed by atoms with Crippen LogP contribution < -0.4 is 27.0 Å². The Morgan fingerprint density at radius 2 is 1.64 bits per heavy atom. The van der Waals surface area contributed by atoms with Crippen molar-refractivity contribution in [2.75, 3.05) is 26.2 Å². The first kappa shape index (κ1) is 60.5. The van der Waals surface area contributed by atoms with Crippen molar-refractivity contribution in [3.05, 3.63) is 69.6 Å². The largest absolute Gasteiger partial charge is 0.399 e. The minimum Gasteiger partial charge on any atom is -0.370 e. The van der Waals surface area contributed by atoms with Crippen LogP contribution in [0.3, 0.4) is 0 Å². The van der Waals surface area contributed by atoms with Gasteiger partial charge in [0.25, 0.3) is 11.8 Å². The number of imide groups is 1. The van der Waals surface area contributed by atoms with Crippen LogP contribution in [-0.4, -0.2) is 151 Å². The van der Waals surface area contributed by atoms with E-state index in [2.05, 4.69) is 33.1 Å². The SMILES string of the molecule is CC(=O)N1CC[C@H]2CC[C@@H](C(=O)N[C@@H](CCC(N)=O)C(=O)N[C@H](C(=O)N3CCC(CCC#Cc4cccc5c4CN(C4CCC(=O)NC4=O)C5=O)CC3)C3CCCCC3)N2C(=O)[C@@H](NC(=O)c2cc3cc(C(F)(F)P(=O)(O)O)ccc3s2)C1. The third kappa shape index (κ3) is 13.5. The quantitative estimate of drug-likeness (QED) is 0.0615. The van der Waals surface area contributed by atoms with Crippen molar-refractivity contribution in [3.8, 4) is 11.8 Å². The molecule has 0 radical (unpaired) electrons. The number of nitrogens with zero attached hydrogens (tertiary/aromatic N) is 4. The number of piperidine rings is 2. The Labute approximate surface area is 481 Å². The van der Waals surface area contributed by atoms with E-state index in [0.717, 1.165) is 54.7 Å². The maximum absolute atomic E-state index is 14.7. The van der Waals surface area contributed by atoms with E-state index in [1.165, 1.54) is 33.8 Å². The Balaban J connectivity index is 0.839. The van der Waals surface area contributed by atoms with Crippen molar-refractivity contribution in [2.45, 2.75) is 158 Å². The van der Waals surface area contributed by atoms with Crippen molar-refractivity contribution in [1.82, 2.24) is 40.9 Å². The fraction of sp³-hybridized carbons (Fsp3) is 0.544. The third-order valence-corrected chi connectivity index (χ3v) is 19.2. The number of amides is 10. The van der Waals surface area contributed by atoms with Gasteiger partial charge in [0.15, 0.2) is 0 Å². The van der Waals surface area contributed by atoms with Gasteiger partial charge in [-0.15, -0.1) is 11.3 Å². The molecule has 0 bridgehead atoms. The number of thiophene rings is 1. The molecule has 5 fully saturated rings. The molecule has 26 heteroatoms. The number of alkyl halides is 2. The van der Waals surface area contributed by atoms with E-state index in [9.17, 15) is 71.1 Å². The zero-order valence-corrected chi connectivity index (χ0v) is 47.6. The molecular weight excluding hydrogens is 1120 g/mol. The molecule has 1 aliphatic carbocycles. The number of likely N-dealkylation sites (tertiary alicyclic amines) is 1. The smallest absolute Gasteiger partial charge is 0.370 e. The van der Waals surface area contributed by atoms with Gasteiger partial charge in [0.1, 0.15) is 30.2 Å². The number of rotatable bonds is 16. The summed E-state index contributed by atoms with van der Waals surface area (Å²) >= 11 is 0.871. The number of nitrogens with one attached hydrogen (secondary N) is 4. The Morgan fingerprint density at radius 1 is 0.904 bits per heavy atom. The second-order valence-corrected chi connectivity index (χ2v) is 25.2. The van der Waals surface area contributed by atoms with Gasteiger partial charge in [0.05, 0.1) is 4.88 Å². The number of benzene rings is 2. The van der Waals surface area contributed by atoms with Crippen LogP contribution in [0.4, 0.5) is 8.78 Å². The minimum atomic E-state index is -5.90. The Hall–Kier alpha value is -7.13. The molecular formula is C57H68F2N9O13PS. The van der Waals surface area contributed by atoms with E-state index in [1.807, 2.05) is 6.07 Å². The van der Waals surface area contributed by atoms with Gasteiger partial charge in [-0.2, -0.15) is 8.78 Å². The van der Waals surface area contributed by atoms with Crippen molar-refractivity contribution < 1.29 is 71.1 Å². The Morgan fingerprint density at radius 3 is 2.34 bits per heavy atom. The maximum Gasteiger partial charge on any atom is 0.399 e. The van der Waals surface area contributed by atoms with Crippen molar-refractivity contribution in [3.63, 3.8) is 0 Å². The molecule has 8 N–H and O–H groups in total. The van der Waals surface area contributed by atoms with Gasteiger partial charge in [-0.1, -0.05) is 43.2 Å². The molecule has 1 aromatic heterocycles. The summed E-state index contributed by atoms with van der Waals surface area (Å²) in [5.41, 5.74) is 2.03. The van der Waals surface area contributed by atoms with Crippen LogP contribution in [-0.2, 0) is 55.1 Å². The molecule has 1 unspecified atom stereocenters. The van der Waals surface area contributed by atoms with Gasteiger partial charge < -0.3 is 51.1 Å². The van der Waals surface area contributed by atoms with Gasteiger partial charge in [0, 0.05) is 86.3 Å². The molecule has 9 rings (SSSR count). The summed E-state index contributed by atoms with van der Waals surface area (Å²) in [4.78, 5) is 159. The molecule has 6 atom stereocenters. The van der Waals surface area contributed by atoms with Gasteiger partial charge >= 0.3 is 13.3 Å². The molecule has 6 aliphatic rings. The molecule has 83 heavy (non-hydrogen) atoms. The lowest BCUT2D eigenvalue weighted by Gasteiger charge is -2.39. The average molecular weight is 1190 g/mol. The number of hydrogen-bond acceptors (Lipinski definition) is 12. The summed E-state index contributed by atoms with van der Waals surface area (Å²) in [5, 5.41) is 10.8. The summed E-state index contributed by atoms with van der Waals surface area (Å²) in [6.07, 6.45) is 7.38. The van der Waals surface area contributed by atoms with Crippen molar-refractivity contribution in [1.29, 1.82) is 0 Å². The summed E-state index contributed by atoms with van der Waals surface area (Å²) in [6.45, 7) is 2.28. The molecule has 1 saturated carbocycles. The first-order valence-electron chi connectivity index (χ1n) is 28.3. The van der Waals surface area contributed by atoms with Crippen LogP contribution in [0, 0.1) is 23.7 Å². The fourth-order valence-electron chi connectivity index (χ4n) is 12.5. The number of nitrogens with two attached hydrogens (primary N) is 1. The highest BCUT2D eigenvalue weighted by molar-refractivity contribution is 7.52. The number of carbonyl (C=O) groups is 10. The van der Waals surface area contributed by atoms with Crippen molar-refractivity contribution >= 4 is 88.1 Å². The van der Waals surface area contributed by atoms with E-state index in [0.29, 0.717) is 67.4 Å². The molecule has 444 valence electrons. The van der Waals surface area contributed by atoms with Crippen LogP contribution in [0.2, 0.25) is 0 Å². The normalized spacial score (nSPS) is 22.6. The molecule has 4 saturated heterocycles. The van der Waals surface area contributed by atoms with Crippen LogP contribution >= 0.6 is 18.9 Å². The van der Waals surface area contributed by atoms with Crippen LogP contribution in [0.5, 0.6) is 0 Å². The third-order valence-electron chi connectivity index (χ3n) is 17.1. The zero-order chi connectivity index (χ0) is 59.5. The Bertz CT molecular complexity index is 3220. The summed E-state index contributed by atoms with van der Waals surface area (Å²) in [6, 6.07) is 3.28. The maximum atomic E-state index is 14.7. The molecule has 2 aromatic carbocycles. The van der Waals surface area contributed by atoms with Crippen LogP contribution in [0.1, 0.15) is 146 Å². The predicted octanol–water partition coefficient (Wildman–Crippen LogP) is 3.49. The molecule has 5 aliphatic heterocycles. The van der Waals surface area contributed by atoms with Gasteiger partial charge in [0.2, 0.25) is 47.3 Å². The first-order chi connectivity index (χ1) is 39.5. The number of carbonyl (C=O) groups excluding carboxylic acids is 10. The minimum absolute atomic E-state index is 0.0403. The lowest BCUT2D eigenvalue weighted by atomic mass is 9.82. The predicted molar refractivity (Wildman–Crippen MR) is 296 cm³/mol. The standard InChI is InChI=1S/C57H68F2N9O13PS/c1-32(69)66-27-24-38-15-17-44(68(38)55(77)42(31-66)62-53(75)46-29-36-28-37(14-19-45(36)83-46)57(58,59)82(79,80)81)52(74)61-41(16-20-47(60)70)50(72)64-49(35-10-3-2-4-11-35)56(78)65-25-22-33(23-26-65)8-5-6-9-34-12-7-13-39-40(34)30-67(54(39)76)43-18-21-48(71)63-51(43)73/h7,12-14,19,28-29,33,35,38,41-44,49H,2-5,8,10-11,15-18,20-27,30-31H2,1H3,(H2,60,70)(H,61,74)(H,62,75)(H,64,72)(H,63,71,73)(H2,79,80,81)/t38-,41+,42+,43?,44+,49+/m1/s1. The number of halogens is 2. The molecule has 22 nitrogen and oxygen atoms in total. The van der Waals surface area contributed by atoms with E-state index in [-0.39, 0.29) is 104 Å². The van der Waals surface area contributed by atoms with Crippen molar-refractivity contribution in [2.24, 2.45) is 17.6 Å². The number of fused-ring (bicyclic) bond motifs is 3. The highest BCUT2D eigenvalue weighted by Gasteiger charge is 2.51. The van der Waals surface area contributed by atoms with E-state index < -0.39 is 90.5 Å². The monoisotopic (exact) mass is 1190 g/mol. The molecule has 10 amide bonds. The average Bonchev–Trinajstić information content (AvgIpc) is 4.42.